The van der Waals surface area contributed by atoms with Gasteiger partial charge in [0.05, 0.1) is 0 Å². The molecule has 6 N–H and O–H groups in total. The van der Waals surface area contributed by atoms with Gasteiger partial charge >= 0.3 is 12.2 Å². The topological polar surface area (TPSA) is 166 Å². The Bertz CT molecular complexity index is 2050. The van der Waals surface area contributed by atoms with Crippen molar-refractivity contribution in [3.8, 4) is 0 Å². The van der Waals surface area contributed by atoms with Crippen LogP contribution in [0.5, 0.6) is 0 Å². The molecule has 0 saturated carbocycles. The van der Waals surface area contributed by atoms with E-state index in [-0.39, 0.29) is 25.0 Å². The lowest BCUT2D eigenvalue weighted by molar-refractivity contribution is -0.123. The van der Waals surface area contributed by atoms with Gasteiger partial charge in [0, 0.05) is 60.1 Å². The second kappa shape index (κ2) is 20.9. The van der Waals surface area contributed by atoms with Gasteiger partial charge in [0.1, 0.15) is 25.3 Å². The highest BCUT2D eigenvalue weighted by Gasteiger charge is 2.24. The van der Waals surface area contributed by atoms with Gasteiger partial charge in [0.2, 0.25) is 11.8 Å². The van der Waals surface area contributed by atoms with Crippen LogP contribution in [0.25, 0.3) is 21.8 Å². The average molecular weight is 771 g/mol. The second-order valence-corrected chi connectivity index (χ2v) is 14.0. The van der Waals surface area contributed by atoms with Gasteiger partial charge in [-0.15, -0.1) is 0 Å². The van der Waals surface area contributed by atoms with E-state index in [0.717, 1.165) is 76.2 Å². The Morgan fingerprint density at radius 1 is 0.491 bits per heavy atom. The number of fused-ring (bicyclic) bond motifs is 2. The van der Waals surface area contributed by atoms with Crippen LogP contribution in [-0.2, 0) is 45.1 Å². The maximum atomic E-state index is 13.4. The fourth-order valence-corrected chi connectivity index (χ4v) is 6.72. The number of nitrogens with one attached hydrogen (secondary N) is 6. The van der Waals surface area contributed by atoms with E-state index in [1.54, 1.807) is 0 Å². The number of benzene rings is 4. The molecule has 0 aliphatic rings. The Hall–Kier alpha value is -6.56. The highest BCUT2D eigenvalue weighted by atomic mass is 16.6. The number of amides is 4. The van der Waals surface area contributed by atoms with Gasteiger partial charge in [0.15, 0.2) is 0 Å². The zero-order chi connectivity index (χ0) is 39.7. The number of para-hydroxylation sites is 2. The molecule has 0 aliphatic heterocycles. The molecule has 0 fully saturated rings. The van der Waals surface area contributed by atoms with Crippen LogP contribution >= 0.6 is 0 Å². The fraction of sp³-hybridized carbons (Fsp3) is 0.289. The zero-order valence-electron chi connectivity index (χ0n) is 31.9. The van der Waals surface area contributed by atoms with Crippen LogP contribution in [0, 0.1) is 0 Å². The standard InChI is InChI=1S/C45H50N6O6/c52-42(40(26-34-28-48-38-22-12-10-20-36(34)38)50-44(54)56-30-32-16-6-4-7-17-32)46-24-14-2-1-3-15-25-47-43(53)41(27-35-29-49-39-23-13-11-21-37(35)39)51-45(55)57-31-33-18-8-5-9-19-33/h4-13,16-23,28-29,40-41,48-49H,1-3,14-15,24-27,30-31H2,(H,46,52)(H,47,53)(H,50,54)(H,51,55). The summed E-state index contributed by atoms with van der Waals surface area (Å²) in [5, 5.41) is 13.5. The number of aromatic amines is 2. The summed E-state index contributed by atoms with van der Waals surface area (Å²) in [5.74, 6) is -0.557. The maximum Gasteiger partial charge on any atom is 0.408 e. The number of hydrogen-bond acceptors (Lipinski definition) is 6. The third kappa shape index (κ3) is 12.2. The molecular formula is C45H50N6O6. The summed E-state index contributed by atoms with van der Waals surface area (Å²) in [5.41, 5.74) is 5.46. The monoisotopic (exact) mass is 770 g/mol. The molecule has 0 bridgehead atoms. The Kier molecular flexibility index (Phi) is 14.7. The van der Waals surface area contributed by atoms with E-state index in [0.29, 0.717) is 25.9 Å². The lowest BCUT2D eigenvalue weighted by atomic mass is 10.0. The molecule has 12 nitrogen and oxygen atoms in total. The molecule has 2 aromatic heterocycles. The molecule has 4 amide bonds. The smallest absolute Gasteiger partial charge is 0.408 e. The summed E-state index contributed by atoms with van der Waals surface area (Å²) in [6.45, 7) is 1.12. The van der Waals surface area contributed by atoms with Crippen LogP contribution in [0.2, 0.25) is 0 Å². The Morgan fingerprint density at radius 2 is 0.877 bits per heavy atom. The highest BCUT2D eigenvalue weighted by molar-refractivity contribution is 5.89. The van der Waals surface area contributed by atoms with Crippen molar-refractivity contribution < 1.29 is 28.7 Å². The number of ether oxygens (including phenoxy) is 2. The SMILES string of the molecule is O=C(NC(Cc1c[nH]c2ccccc12)C(=O)NCCCCCCCNC(=O)C(Cc1c[nH]c2ccccc12)NC(=O)OCc1ccccc1)OCc1ccccc1. The first-order valence-corrected chi connectivity index (χ1v) is 19.5. The first kappa shape index (κ1) is 40.1. The quantitative estimate of drug-likeness (QED) is 0.0449. The molecule has 2 unspecified atom stereocenters. The molecule has 0 spiro atoms. The Balaban J connectivity index is 0.923. The Morgan fingerprint density at radius 3 is 1.32 bits per heavy atom. The van der Waals surface area contributed by atoms with Crippen molar-refractivity contribution in [3.05, 3.63) is 144 Å². The lowest BCUT2D eigenvalue weighted by Gasteiger charge is -2.19. The largest absolute Gasteiger partial charge is 0.445 e. The van der Waals surface area contributed by atoms with Crippen molar-refractivity contribution >= 4 is 45.8 Å². The minimum Gasteiger partial charge on any atom is -0.445 e. The zero-order valence-corrected chi connectivity index (χ0v) is 31.9. The molecule has 296 valence electrons. The average Bonchev–Trinajstić information content (AvgIpc) is 3.85. The number of alkyl carbamates (subject to hydrolysis) is 2. The van der Waals surface area contributed by atoms with Gasteiger partial charge in [-0.05, 0) is 47.2 Å². The van der Waals surface area contributed by atoms with Gasteiger partial charge < -0.3 is 40.7 Å². The summed E-state index contributed by atoms with van der Waals surface area (Å²) < 4.78 is 10.8. The molecule has 2 atom stereocenters. The molecule has 12 heteroatoms. The molecular weight excluding hydrogens is 721 g/mol. The normalized spacial score (nSPS) is 12.1. The van der Waals surface area contributed by atoms with Crippen molar-refractivity contribution in [1.29, 1.82) is 0 Å². The lowest BCUT2D eigenvalue weighted by Crippen LogP contribution is -2.48. The summed E-state index contributed by atoms with van der Waals surface area (Å²) in [4.78, 5) is 58.8. The molecule has 2 heterocycles. The van der Waals surface area contributed by atoms with E-state index in [4.69, 9.17) is 9.47 Å². The number of H-pyrrole nitrogens is 2. The Labute approximate surface area is 332 Å². The van der Waals surface area contributed by atoms with Gasteiger partial charge in [-0.25, -0.2) is 9.59 Å². The number of rotatable bonds is 20. The molecule has 0 saturated heterocycles. The summed E-state index contributed by atoms with van der Waals surface area (Å²) in [7, 11) is 0. The van der Waals surface area contributed by atoms with Crippen molar-refractivity contribution in [2.75, 3.05) is 13.1 Å². The third-order valence-electron chi connectivity index (χ3n) is 9.79. The minimum atomic E-state index is -0.823. The first-order chi connectivity index (χ1) is 27.9. The van der Waals surface area contributed by atoms with Crippen LogP contribution in [0.15, 0.2) is 122 Å². The van der Waals surface area contributed by atoms with E-state index < -0.39 is 24.3 Å². The number of unbranched alkanes of at least 4 members (excludes halogenated alkanes) is 4. The van der Waals surface area contributed by atoms with E-state index in [2.05, 4.69) is 31.2 Å². The summed E-state index contributed by atoms with van der Waals surface area (Å²) >= 11 is 0. The van der Waals surface area contributed by atoms with Crippen LogP contribution in [0.3, 0.4) is 0 Å². The van der Waals surface area contributed by atoms with Gasteiger partial charge in [0.25, 0.3) is 0 Å². The van der Waals surface area contributed by atoms with Crippen molar-refractivity contribution in [2.24, 2.45) is 0 Å². The van der Waals surface area contributed by atoms with E-state index >= 15 is 0 Å². The van der Waals surface area contributed by atoms with E-state index in [1.807, 2.05) is 122 Å². The molecule has 0 radical (unpaired) electrons. The molecule has 0 aliphatic carbocycles. The van der Waals surface area contributed by atoms with Crippen LogP contribution < -0.4 is 21.3 Å². The predicted octanol–water partition coefficient (Wildman–Crippen LogP) is 7.21. The molecule has 6 aromatic rings. The molecule has 6 rings (SSSR count). The first-order valence-electron chi connectivity index (χ1n) is 19.5. The van der Waals surface area contributed by atoms with Crippen molar-refractivity contribution in [1.82, 2.24) is 31.2 Å². The van der Waals surface area contributed by atoms with Crippen LogP contribution in [0.1, 0.15) is 54.4 Å². The fourth-order valence-electron chi connectivity index (χ4n) is 6.72. The summed E-state index contributed by atoms with van der Waals surface area (Å²) in [6, 6.07) is 32.8. The maximum absolute atomic E-state index is 13.4. The highest BCUT2D eigenvalue weighted by Crippen LogP contribution is 2.21. The number of carbonyl (C=O) groups is 4. The van der Waals surface area contributed by atoms with Gasteiger partial charge in [-0.2, -0.15) is 0 Å². The summed E-state index contributed by atoms with van der Waals surface area (Å²) in [6.07, 6.45) is 7.22. The number of aromatic nitrogens is 2. The van der Waals surface area contributed by atoms with E-state index in [9.17, 15) is 19.2 Å². The number of carbonyl (C=O) groups excluding carboxylic acids is 4. The minimum absolute atomic E-state index is 0.101. The van der Waals surface area contributed by atoms with Gasteiger partial charge in [-0.1, -0.05) is 116 Å². The molecule has 57 heavy (non-hydrogen) atoms. The van der Waals surface area contributed by atoms with Crippen LogP contribution in [0.4, 0.5) is 9.59 Å². The van der Waals surface area contributed by atoms with Gasteiger partial charge in [-0.3, -0.25) is 9.59 Å². The molecule has 4 aromatic carbocycles. The van der Waals surface area contributed by atoms with E-state index in [1.165, 1.54) is 0 Å². The predicted molar refractivity (Wildman–Crippen MR) is 220 cm³/mol. The van der Waals surface area contributed by atoms with Crippen LogP contribution in [-0.4, -0.2) is 59.1 Å². The van der Waals surface area contributed by atoms with Crippen molar-refractivity contribution in [3.63, 3.8) is 0 Å². The van der Waals surface area contributed by atoms with Crippen molar-refractivity contribution in [2.45, 2.75) is 70.2 Å². The second-order valence-electron chi connectivity index (χ2n) is 14.0. The number of hydrogen-bond donors (Lipinski definition) is 6. The third-order valence-corrected chi connectivity index (χ3v) is 9.79.